The van der Waals surface area contributed by atoms with E-state index in [1.807, 2.05) is 48.5 Å². The normalized spacial score (nSPS) is 13.6. The molecule has 2 aromatic rings. The Balaban J connectivity index is 2.37. The van der Waals surface area contributed by atoms with Crippen LogP contribution in [0.4, 0.5) is 0 Å². The summed E-state index contributed by atoms with van der Waals surface area (Å²) in [5.41, 5.74) is 1.72. The molecule has 0 bridgehead atoms. The number of allylic oxidation sites excluding steroid dienone is 1. The summed E-state index contributed by atoms with van der Waals surface area (Å²) in [5, 5.41) is 9.23. The number of aliphatic hydroxyl groups is 1. The van der Waals surface area contributed by atoms with E-state index in [9.17, 15) is 13.5 Å². The molecule has 0 radical (unpaired) electrons. The van der Waals surface area contributed by atoms with Crippen LogP contribution in [0.25, 0.3) is 0 Å². The highest BCUT2D eigenvalue weighted by Gasteiger charge is 2.32. The van der Waals surface area contributed by atoms with Crippen molar-refractivity contribution in [2.24, 2.45) is 0 Å². The van der Waals surface area contributed by atoms with Crippen molar-refractivity contribution in [3.05, 3.63) is 72.3 Å². The average molecular weight is 448 g/mol. The fourth-order valence-corrected chi connectivity index (χ4v) is 5.42. The van der Waals surface area contributed by atoms with Gasteiger partial charge in [-0.1, -0.05) is 30.3 Å². The third kappa shape index (κ3) is 7.38. The van der Waals surface area contributed by atoms with Gasteiger partial charge in [0.2, 0.25) is 10.0 Å². The first kappa shape index (κ1) is 24.9. The van der Waals surface area contributed by atoms with Gasteiger partial charge in [0.05, 0.1) is 25.6 Å². The Morgan fingerprint density at radius 3 is 1.77 bits per heavy atom. The molecule has 0 aliphatic rings. The molecular formula is C24H33NO5S. The first-order valence-electron chi connectivity index (χ1n) is 10.3. The Morgan fingerprint density at radius 1 is 0.968 bits per heavy atom. The van der Waals surface area contributed by atoms with Crippen molar-refractivity contribution in [3.63, 3.8) is 0 Å². The van der Waals surface area contributed by atoms with Gasteiger partial charge in [0.25, 0.3) is 0 Å². The topological polar surface area (TPSA) is 76.1 Å². The molecule has 0 aliphatic heterocycles. The number of nitrogens with zero attached hydrogens (tertiary/aromatic N) is 1. The van der Waals surface area contributed by atoms with Crippen molar-refractivity contribution >= 4 is 10.0 Å². The van der Waals surface area contributed by atoms with E-state index >= 15 is 0 Å². The SMILES string of the molecule is C=CCC[C@H](C[C@@H](C)O)S(=O)(=O)N(Cc1ccc(OC)cc1)Cc1ccc(OC)cc1. The largest absolute Gasteiger partial charge is 0.497 e. The molecule has 2 atom stereocenters. The standard InChI is InChI=1S/C24H33NO5S/c1-5-6-7-24(16-19(2)26)31(27,28)25(17-20-8-12-22(29-3)13-9-20)18-21-10-14-23(30-4)15-11-21/h5,8-15,19,24,26H,1,6-7,16-18H2,2-4H3/t19-,24-/m1/s1. The maximum Gasteiger partial charge on any atom is 0.217 e. The lowest BCUT2D eigenvalue weighted by Crippen LogP contribution is -2.39. The zero-order chi connectivity index (χ0) is 22.9. The summed E-state index contributed by atoms with van der Waals surface area (Å²) in [6.07, 6.45) is 2.15. The molecule has 0 spiro atoms. The summed E-state index contributed by atoms with van der Waals surface area (Å²) in [5.74, 6) is 1.43. The highest BCUT2D eigenvalue weighted by atomic mass is 32.2. The van der Waals surface area contributed by atoms with Crippen LogP contribution >= 0.6 is 0 Å². The summed E-state index contributed by atoms with van der Waals surface area (Å²) in [6, 6.07) is 14.7. The van der Waals surface area contributed by atoms with Gasteiger partial charge >= 0.3 is 0 Å². The van der Waals surface area contributed by atoms with Crippen LogP contribution in [0.15, 0.2) is 61.2 Å². The molecule has 0 heterocycles. The van der Waals surface area contributed by atoms with Crippen LogP contribution in [0.3, 0.4) is 0 Å². The highest BCUT2D eigenvalue weighted by molar-refractivity contribution is 7.89. The van der Waals surface area contributed by atoms with E-state index in [1.54, 1.807) is 27.2 Å². The maximum absolute atomic E-state index is 13.7. The van der Waals surface area contributed by atoms with Crippen LogP contribution in [0.1, 0.15) is 37.3 Å². The Kier molecular flexibility index (Phi) is 9.55. The monoisotopic (exact) mass is 447 g/mol. The van der Waals surface area contributed by atoms with Crippen LogP contribution in [0, 0.1) is 0 Å². The number of hydrogen-bond acceptors (Lipinski definition) is 5. The molecule has 0 aliphatic carbocycles. The number of ether oxygens (including phenoxy) is 2. The number of hydrogen-bond donors (Lipinski definition) is 1. The lowest BCUT2D eigenvalue weighted by atomic mass is 10.1. The average Bonchev–Trinajstić information content (AvgIpc) is 2.76. The molecule has 7 heteroatoms. The van der Waals surface area contributed by atoms with Crippen LogP contribution in [-0.2, 0) is 23.1 Å². The van der Waals surface area contributed by atoms with Gasteiger partial charge in [0, 0.05) is 13.1 Å². The minimum atomic E-state index is -3.70. The van der Waals surface area contributed by atoms with E-state index in [-0.39, 0.29) is 19.5 Å². The van der Waals surface area contributed by atoms with Gasteiger partial charge in [-0.2, -0.15) is 4.31 Å². The zero-order valence-corrected chi connectivity index (χ0v) is 19.3. The molecule has 0 aromatic heterocycles. The Labute approximate surface area is 186 Å². The molecule has 2 rings (SSSR count). The van der Waals surface area contributed by atoms with Crippen LogP contribution in [0.2, 0.25) is 0 Å². The van der Waals surface area contributed by atoms with Crippen molar-refractivity contribution in [2.45, 2.75) is 50.6 Å². The summed E-state index contributed by atoms with van der Waals surface area (Å²) in [6.45, 7) is 5.78. The third-order valence-electron chi connectivity index (χ3n) is 5.11. The van der Waals surface area contributed by atoms with Crippen LogP contribution < -0.4 is 9.47 Å². The summed E-state index contributed by atoms with van der Waals surface area (Å²) >= 11 is 0. The van der Waals surface area contributed by atoms with E-state index in [2.05, 4.69) is 6.58 Å². The second kappa shape index (κ2) is 11.9. The summed E-state index contributed by atoms with van der Waals surface area (Å²) < 4.78 is 39.2. The third-order valence-corrected chi connectivity index (χ3v) is 7.36. The lowest BCUT2D eigenvalue weighted by Gasteiger charge is -2.28. The minimum absolute atomic E-state index is 0.178. The maximum atomic E-state index is 13.7. The van der Waals surface area contributed by atoms with Crippen LogP contribution in [0.5, 0.6) is 11.5 Å². The number of rotatable bonds is 13. The predicted octanol–water partition coefficient (Wildman–Crippen LogP) is 4.14. The molecule has 0 saturated carbocycles. The van der Waals surface area contributed by atoms with Gasteiger partial charge < -0.3 is 14.6 Å². The molecule has 170 valence electrons. The van der Waals surface area contributed by atoms with E-state index < -0.39 is 21.4 Å². The molecule has 0 amide bonds. The van der Waals surface area contributed by atoms with Crippen molar-refractivity contribution in [2.75, 3.05) is 14.2 Å². The fourth-order valence-electron chi connectivity index (χ4n) is 3.39. The molecule has 2 aromatic carbocycles. The predicted molar refractivity (Wildman–Crippen MR) is 124 cm³/mol. The molecule has 1 N–H and O–H groups in total. The second-order valence-corrected chi connectivity index (χ2v) is 9.79. The molecular weight excluding hydrogens is 414 g/mol. The number of aliphatic hydroxyl groups excluding tert-OH is 1. The van der Waals surface area contributed by atoms with Crippen molar-refractivity contribution < 1.29 is 23.0 Å². The van der Waals surface area contributed by atoms with Gasteiger partial charge in [-0.15, -0.1) is 6.58 Å². The first-order chi connectivity index (χ1) is 14.8. The summed E-state index contributed by atoms with van der Waals surface area (Å²) in [4.78, 5) is 0. The fraction of sp³-hybridized carbons (Fsp3) is 0.417. The number of methoxy groups -OCH3 is 2. The quantitative estimate of drug-likeness (QED) is 0.467. The molecule has 0 fully saturated rings. The zero-order valence-electron chi connectivity index (χ0n) is 18.5. The smallest absolute Gasteiger partial charge is 0.217 e. The van der Waals surface area contributed by atoms with Gasteiger partial charge in [0.15, 0.2) is 0 Å². The van der Waals surface area contributed by atoms with Gasteiger partial charge in [-0.3, -0.25) is 0 Å². The van der Waals surface area contributed by atoms with Crippen LogP contribution in [-0.4, -0.2) is 43.4 Å². The van der Waals surface area contributed by atoms with Gasteiger partial charge in [0.1, 0.15) is 11.5 Å². The molecule has 6 nitrogen and oxygen atoms in total. The van der Waals surface area contributed by atoms with E-state index in [0.29, 0.717) is 24.3 Å². The van der Waals surface area contributed by atoms with E-state index in [1.165, 1.54) is 4.31 Å². The van der Waals surface area contributed by atoms with E-state index in [0.717, 1.165) is 11.1 Å². The van der Waals surface area contributed by atoms with Gasteiger partial charge in [-0.25, -0.2) is 8.42 Å². The van der Waals surface area contributed by atoms with E-state index in [4.69, 9.17) is 9.47 Å². The van der Waals surface area contributed by atoms with Gasteiger partial charge in [-0.05, 0) is 61.6 Å². The highest BCUT2D eigenvalue weighted by Crippen LogP contribution is 2.25. The molecule has 0 unspecified atom stereocenters. The summed E-state index contributed by atoms with van der Waals surface area (Å²) in [7, 11) is -0.509. The Bertz CT molecular complexity index is 858. The number of benzene rings is 2. The number of sulfonamides is 1. The minimum Gasteiger partial charge on any atom is -0.497 e. The lowest BCUT2D eigenvalue weighted by molar-refractivity contribution is 0.180. The first-order valence-corrected chi connectivity index (χ1v) is 11.8. The Morgan fingerprint density at radius 2 is 1.42 bits per heavy atom. The molecule has 0 saturated heterocycles. The molecule has 31 heavy (non-hydrogen) atoms. The Hall–Kier alpha value is -2.35. The van der Waals surface area contributed by atoms with Crippen molar-refractivity contribution in [1.29, 1.82) is 0 Å². The van der Waals surface area contributed by atoms with Crippen molar-refractivity contribution in [1.82, 2.24) is 4.31 Å². The second-order valence-electron chi connectivity index (χ2n) is 7.58. The van der Waals surface area contributed by atoms with Crippen molar-refractivity contribution in [3.8, 4) is 11.5 Å².